The van der Waals surface area contributed by atoms with Crippen molar-refractivity contribution in [2.45, 2.75) is 47.1 Å². The van der Waals surface area contributed by atoms with Gasteiger partial charge >= 0.3 is 11.6 Å². The number of hydrogen-bond donors (Lipinski definition) is 1. The molecule has 1 N–H and O–H groups in total. The number of para-hydroxylation sites is 2. The van der Waals surface area contributed by atoms with E-state index in [1.54, 1.807) is 6.92 Å². The molecule has 2 aromatic carbocycles. The van der Waals surface area contributed by atoms with Crippen LogP contribution in [-0.2, 0) is 6.54 Å². The molecule has 0 unspecified atom stereocenters. The molecule has 2 heterocycles. The zero-order valence-corrected chi connectivity index (χ0v) is 18.7. The molecule has 2 aromatic heterocycles. The summed E-state index contributed by atoms with van der Waals surface area (Å²) >= 11 is 0. The van der Waals surface area contributed by atoms with Gasteiger partial charge in [0.25, 0.3) is 0 Å². The lowest BCUT2D eigenvalue weighted by Gasteiger charge is -2.15. The van der Waals surface area contributed by atoms with Gasteiger partial charge in [-0.25, -0.2) is 14.6 Å². The minimum atomic E-state index is -1.17. The maximum atomic E-state index is 12.2. The van der Waals surface area contributed by atoms with Gasteiger partial charge in [0, 0.05) is 17.5 Å². The van der Waals surface area contributed by atoms with Crippen LogP contribution in [0, 0.1) is 6.92 Å². The molecule has 0 amide bonds. The van der Waals surface area contributed by atoms with Gasteiger partial charge in [-0.3, -0.25) is 0 Å². The largest absolute Gasteiger partial charge is 0.477 e. The van der Waals surface area contributed by atoms with Gasteiger partial charge in [0.2, 0.25) is 0 Å². The Morgan fingerprint density at radius 2 is 1.91 bits per heavy atom. The molecule has 4 aromatic rings. The molecule has 6 nitrogen and oxygen atoms in total. The Balaban J connectivity index is 1.98. The molecule has 0 radical (unpaired) electrons. The number of benzene rings is 2. The second kappa shape index (κ2) is 8.46. The fourth-order valence-corrected chi connectivity index (χ4v) is 3.99. The third-order valence-corrected chi connectivity index (χ3v) is 5.76. The highest BCUT2D eigenvalue weighted by atomic mass is 16.4. The third-order valence-electron chi connectivity index (χ3n) is 5.76. The molecule has 0 saturated heterocycles. The van der Waals surface area contributed by atoms with E-state index in [9.17, 15) is 14.7 Å². The highest BCUT2D eigenvalue weighted by Gasteiger charge is 2.23. The van der Waals surface area contributed by atoms with Crippen LogP contribution in [0.5, 0.6) is 0 Å². The number of aromatic nitrogens is 2. The molecular formula is C26H26N2O4. The van der Waals surface area contributed by atoms with E-state index in [4.69, 9.17) is 4.42 Å². The zero-order chi connectivity index (χ0) is 23.0. The quantitative estimate of drug-likeness (QED) is 0.300. The van der Waals surface area contributed by atoms with E-state index in [0.29, 0.717) is 34.0 Å². The number of carbonyl (C=O) groups is 1. The zero-order valence-electron chi connectivity index (χ0n) is 18.7. The first-order valence-electron chi connectivity index (χ1n) is 10.7. The van der Waals surface area contributed by atoms with E-state index in [2.05, 4.69) is 42.5 Å². The van der Waals surface area contributed by atoms with Crippen LogP contribution >= 0.6 is 0 Å². The summed E-state index contributed by atoms with van der Waals surface area (Å²) in [4.78, 5) is 29.0. The Hall–Kier alpha value is -3.67. The van der Waals surface area contributed by atoms with Crippen LogP contribution in [-0.4, -0.2) is 20.6 Å². The molecular weight excluding hydrogens is 404 g/mol. The lowest BCUT2D eigenvalue weighted by molar-refractivity contribution is 0.0699. The number of carboxylic acids is 1. The summed E-state index contributed by atoms with van der Waals surface area (Å²) in [6.45, 7) is 8.51. The summed E-state index contributed by atoms with van der Waals surface area (Å²) in [5.74, 6) is -1.17. The summed E-state index contributed by atoms with van der Waals surface area (Å²) in [6.07, 6.45) is 6.32. The van der Waals surface area contributed by atoms with Crippen LogP contribution in [0.4, 0.5) is 0 Å². The molecule has 32 heavy (non-hydrogen) atoms. The van der Waals surface area contributed by atoms with Crippen molar-refractivity contribution in [3.8, 4) is 0 Å². The Kier molecular flexibility index (Phi) is 5.70. The van der Waals surface area contributed by atoms with E-state index >= 15 is 0 Å². The van der Waals surface area contributed by atoms with Gasteiger partial charge in [-0.15, -0.1) is 0 Å². The van der Waals surface area contributed by atoms with E-state index in [-0.39, 0.29) is 11.1 Å². The third kappa shape index (κ3) is 3.84. The highest BCUT2D eigenvalue weighted by molar-refractivity contribution is 6.14. The average Bonchev–Trinajstić information content (AvgIpc) is 3.02. The first-order chi connectivity index (χ1) is 15.3. The molecule has 0 bridgehead atoms. The van der Waals surface area contributed by atoms with Crippen molar-refractivity contribution in [2.24, 2.45) is 0 Å². The molecule has 6 heteroatoms. The number of aromatic carboxylic acids is 1. The van der Waals surface area contributed by atoms with Crippen molar-refractivity contribution in [1.29, 1.82) is 0 Å². The maximum absolute atomic E-state index is 12.2. The molecule has 0 aliphatic heterocycles. The Bertz CT molecular complexity index is 1480. The van der Waals surface area contributed by atoms with Gasteiger partial charge in [0.1, 0.15) is 11.1 Å². The number of allylic oxidation sites excluding steroid dienone is 4. The standard InChI is InChI=1S/C26H26N2O4/c1-15(2)8-7-9-16(3)12-13-28-20-11-6-5-10-19(20)27-23-21(28)14-18-17(4)26(31)32-24(18)22(23)25(29)30/h5-6,8,10-12,14H,7,9,13H2,1-4H3,(H,29,30). The summed E-state index contributed by atoms with van der Waals surface area (Å²) in [6, 6.07) is 9.47. The second-order valence-electron chi connectivity index (χ2n) is 8.40. The minimum absolute atomic E-state index is 0.0773. The van der Waals surface area contributed by atoms with Gasteiger partial charge in [-0.2, -0.15) is 0 Å². The lowest BCUT2D eigenvalue weighted by atomic mass is 10.1. The fourth-order valence-electron chi connectivity index (χ4n) is 3.99. The van der Waals surface area contributed by atoms with Crippen molar-refractivity contribution in [3.05, 3.63) is 75.2 Å². The van der Waals surface area contributed by atoms with Gasteiger partial charge < -0.3 is 14.1 Å². The molecule has 0 saturated carbocycles. The molecule has 0 fully saturated rings. The second-order valence-corrected chi connectivity index (χ2v) is 8.40. The number of furan rings is 1. The summed E-state index contributed by atoms with van der Waals surface area (Å²) in [5, 5.41) is 10.5. The first-order valence-corrected chi connectivity index (χ1v) is 10.7. The summed E-state index contributed by atoms with van der Waals surface area (Å²) in [5.41, 5.74) is 4.99. The minimum Gasteiger partial charge on any atom is -0.477 e. The lowest BCUT2D eigenvalue weighted by Crippen LogP contribution is -2.07. The Morgan fingerprint density at radius 1 is 1.16 bits per heavy atom. The van der Waals surface area contributed by atoms with Crippen molar-refractivity contribution in [2.75, 3.05) is 0 Å². The predicted octanol–water partition coefficient (Wildman–Crippen LogP) is 6.00. The number of fused-ring (bicyclic) bond motifs is 3. The van der Waals surface area contributed by atoms with Crippen molar-refractivity contribution in [3.63, 3.8) is 0 Å². The van der Waals surface area contributed by atoms with Crippen LogP contribution in [0.25, 0.3) is 33.0 Å². The van der Waals surface area contributed by atoms with E-state index in [1.165, 1.54) is 11.1 Å². The van der Waals surface area contributed by atoms with E-state index in [0.717, 1.165) is 18.4 Å². The molecule has 0 aliphatic rings. The van der Waals surface area contributed by atoms with E-state index < -0.39 is 11.6 Å². The van der Waals surface area contributed by atoms with Crippen LogP contribution < -0.4 is 5.63 Å². The fraction of sp³-hybridized carbons (Fsp3) is 0.269. The smallest absolute Gasteiger partial charge is 0.341 e. The van der Waals surface area contributed by atoms with E-state index in [1.807, 2.05) is 30.3 Å². The number of rotatable bonds is 6. The van der Waals surface area contributed by atoms with Gasteiger partial charge in [0.05, 0.1) is 16.6 Å². The van der Waals surface area contributed by atoms with Crippen LogP contribution in [0.2, 0.25) is 0 Å². The van der Waals surface area contributed by atoms with Crippen LogP contribution in [0.1, 0.15) is 49.5 Å². The Labute approximate surface area is 185 Å². The van der Waals surface area contributed by atoms with Gasteiger partial charge in [-0.1, -0.05) is 35.4 Å². The number of nitrogens with zero attached hydrogens (tertiary/aromatic N) is 2. The number of hydrogen-bond acceptors (Lipinski definition) is 4. The number of aryl methyl sites for hydroxylation is 1. The van der Waals surface area contributed by atoms with Crippen molar-refractivity contribution in [1.82, 2.24) is 9.55 Å². The van der Waals surface area contributed by atoms with Crippen LogP contribution in [0.15, 0.2) is 62.8 Å². The maximum Gasteiger partial charge on any atom is 0.341 e. The van der Waals surface area contributed by atoms with Gasteiger partial charge in [-0.05, 0) is 58.7 Å². The SMILES string of the molecule is CC(C)=CCCC(C)=CCn1c2ccccc2nc2c(C(=O)O)c3oc(=O)c(C)c3cc21. The topological polar surface area (TPSA) is 85.3 Å². The summed E-state index contributed by atoms with van der Waals surface area (Å²) in [7, 11) is 0. The molecule has 0 aliphatic carbocycles. The molecule has 164 valence electrons. The van der Waals surface area contributed by atoms with Gasteiger partial charge in [0.15, 0.2) is 5.58 Å². The Morgan fingerprint density at radius 3 is 2.62 bits per heavy atom. The number of carboxylic acid groups (broad SMARTS) is 1. The van der Waals surface area contributed by atoms with Crippen LogP contribution in [0.3, 0.4) is 0 Å². The molecule has 0 atom stereocenters. The highest BCUT2D eigenvalue weighted by Crippen LogP contribution is 2.31. The average molecular weight is 431 g/mol. The first kappa shape index (κ1) is 21.6. The molecule has 0 spiro atoms. The molecule has 4 rings (SSSR count). The van der Waals surface area contributed by atoms with Crippen molar-refractivity contribution >= 4 is 39.0 Å². The predicted molar refractivity (Wildman–Crippen MR) is 127 cm³/mol. The van der Waals surface area contributed by atoms with Crippen molar-refractivity contribution < 1.29 is 14.3 Å². The summed E-state index contributed by atoms with van der Waals surface area (Å²) < 4.78 is 7.37. The monoisotopic (exact) mass is 430 g/mol. The normalized spacial score (nSPS) is 12.1.